The molecule has 0 amide bonds. The molecule has 0 heterocycles. The van der Waals surface area contributed by atoms with Crippen LogP contribution in [0, 0.1) is 0 Å². The Labute approximate surface area is 98.1 Å². The van der Waals surface area contributed by atoms with E-state index >= 15 is 0 Å². The number of alkyl halides is 1. The minimum atomic E-state index is -0.272. The molecule has 0 bridgehead atoms. The number of ether oxygens (including phenoxy) is 1. The van der Waals surface area contributed by atoms with E-state index in [2.05, 4.69) is 22.5 Å². The first-order valence-corrected chi connectivity index (χ1v) is 5.85. The fraction of sp³-hybridized carbons (Fsp3) is 0.250. The van der Waals surface area contributed by atoms with Gasteiger partial charge in [0.15, 0.2) is 0 Å². The predicted molar refractivity (Wildman–Crippen MR) is 65.2 cm³/mol. The van der Waals surface area contributed by atoms with Crippen LogP contribution >= 0.6 is 15.9 Å². The van der Waals surface area contributed by atoms with Crippen LogP contribution in [0.25, 0.3) is 6.08 Å². The van der Waals surface area contributed by atoms with Crippen LogP contribution in [0.1, 0.15) is 22.3 Å². The summed E-state index contributed by atoms with van der Waals surface area (Å²) in [7, 11) is 0. The van der Waals surface area contributed by atoms with Crippen molar-refractivity contribution in [1.29, 1.82) is 0 Å². The van der Waals surface area contributed by atoms with Gasteiger partial charge >= 0.3 is 5.97 Å². The van der Waals surface area contributed by atoms with E-state index in [4.69, 9.17) is 4.74 Å². The molecule has 0 spiro atoms. The predicted octanol–water partition coefficient (Wildman–Crippen LogP) is 3.27. The van der Waals surface area contributed by atoms with E-state index < -0.39 is 0 Å². The zero-order chi connectivity index (χ0) is 11.1. The molecular weight excluding hydrogens is 256 g/mol. The Kier molecular flexibility index (Phi) is 5.12. The van der Waals surface area contributed by atoms with Gasteiger partial charge in [-0.3, -0.25) is 0 Å². The summed E-state index contributed by atoms with van der Waals surface area (Å²) in [4.78, 5) is 11.5. The molecule has 0 N–H and O–H groups in total. The Bertz CT molecular complexity index is 330. The zero-order valence-electron chi connectivity index (χ0n) is 8.41. The van der Waals surface area contributed by atoms with E-state index in [1.54, 1.807) is 18.2 Å². The van der Waals surface area contributed by atoms with Gasteiger partial charge in [0, 0.05) is 5.33 Å². The molecule has 1 aromatic rings. The number of rotatable bonds is 5. The molecule has 0 radical (unpaired) electrons. The molecule has 2 nitrogen and oxygen atoms in total. The summed E-state index contributed by atoms with van der Waals surface area (Å²) in [5, 5.41) is 0.843. The van der Waals surface area contributed by atoms with E-state index in [1.165, 1.54) is 0 Å². The molecule has 1 aromatic carbocycles. The van der Waals surface area contributed by atoms with Crippen LogP contribution in [0.3, 0.4) is 0 Å². The standard InChI is InChI=1S/C12H13BrO2/c1-2-10-4-6-11(7-5-10)12(14)15-9-3-8-13/h2,4-7H,1,3,8-9H2. The molecule has 15 heavy (non-hydrogen) atoms. The van der Waals surface area contributed by atoms with Crippen LogP contribution in [0.15, 0.2) is 30.8 Å². The number of carbonyl (C=O) groups excluding carboxylic acids is 1. The second-order valence-corrected chi connectivity index (χ2v) is 3.80. The number of esters is 1. The lowest BCUT2D eigenvalue weighted by molar-refractivity contribution is 0.0506. The zero-order valence-corrected chi connectivity index (χ0v) is 10.00. The Balaban J connectivity index is 2.54. The Morgan fingerprint density at radius 2 is 2.07 bits per heavy atom. The molecule has 3 heteroatoms. The van der Waals surface area contributed by atoms with E-state index in [0.29, 0.717) is 12.2 Å². The summed E-state index contributed by atoms with van der Waals surface area (Å²) in [5.74, 6) is -0.272. The number of halogens is 1. The molecule has 0 saturated carbocycles. The van der Waals surface area contributed by atoms with Crippen molar-refractivity contribution in [3.8, 4) is 0 Å². The van der Waals surface area contributed by atoms with E-state index in [-0.39, 0.29) is 5.97 Å². The van der Waals surface area contributed by atoms with Crippen LogP contribution in [-0.2, 0) is 4.74 Å². The van der Waals surface area contributed by atoms with Gasteiger partial charge in [-0.1, -0.05) is 40.7 Å². The molecule has 80 valence electrons. The van der Waals surface area contributed by atoms with Gasteiger partial charge in [0.25, 0.3) is 0 Å². The molecule has 1 rings (SSSR count). The Morgan fingerprint density at radius 3 is 2.60 bits per heavy atom. The summed E-state index contributed by atoms with van der Waals surface area (Å²) in [6, 6.07) is 7.17. The van der Waals surface area contributed by atoms with Gasteiger partial charge in [0.2, 0.25) is 0 Å². The second kappa shape index (κ2) is 6.40. The SMILES string of the molecule is C=Cc1ccc(C(=O)OCCCBr)cc1. The largest absolute Gasteiger partial charge is 0.462 e. The van der Waals surface area contributed by atoms with Gasteiger partial charge in [-0.15, -0.1) is 0 Å². The molecule has 0 aliphatic heterocycles. The van der Waals surface area contributed by atoms with Crippen molar-refractivity contribution in [2.75, 3.05) is 11.9 Å². The van der Waals surface area contributed by atoms with Crippen molar-refractivity contribution in [3.05, 3.63) is 42.0 Å². The van der Waals surface area contributed by atoms with Gasteiger partial charge in [-0.05, 0) is 24.1 Å². The fourth-order valence-electron chi connectivity index (χ4n) is 1.06. The lowest BCUT2D eigenvalue weighted by atomic mass is 10.1. The summed E-state index contributed by atoms with van der Waals surface area (Å²) in [6.45, 7) is 4.10. The minimum Gasteiger partial charge on any atom is -0.462 e. The average Bonchev–Trinajstić information content (AvgIpc) is 2.29. The van der Waals surface area contributed by atoms with Gasteiger partial charge in [0.05, 0.1) is 12.2 Å². The van der Waals surface area contributed by atoms with Crippen molar-refractivity contribution in [2.45, 2.75) is 6.42 Å². The molecule has 0 atom stereocenters. The lowest BCUT2D eigenvalue weighted by Gasteiger charge is -2.03. The van der Waals surface area contributed by atoms with Gasteiger partial charge in [-0.2, -0.15) is 0 Å². The fourth-order valence-corrected chi connectivity index (χ4v) is 1.29. The van der Waals surface area contributed by atoms with Gasteiger partial charge in [0.1, 0.15) is 0 Å². The monoisotopic (exact) mass is 268 g/mol. The number of hydrogen-bond acceptors (Lipinski definition) is 2. The molecule has 0 saturated heterocycles. The summed E-state index contributed by atoms with van der Waals surface area (Å²) < 4.78 is 5.05. The van der Waals surface area contributed by atoms with Crippen molar-refractivity contribution in [3.63, 3.8) is 0 Å². The maximum Gasteiger partial charge on any atom is 0.338 e. The third-order valence-electron chi connectivity index (χ3n) is 1.89. The molecule has 0 unspecified atom stereocenters. The Morgan fingerprint density at radius 1 is 1.40 bits per heavy atom. The smallest absolute Gasteiger partial charge is 0.338 e. The lowest BCUT2D eigenvalue weighted by Crippen LogP contribution is -2.06. The summed E-state index contributed by atoms with van der Waals surface area (Å²) >= 11 is 3.27. The topological polar surface area (TPSA) is 26.3 Å². The van der Waals surface area contributed by atoms with Crippen LogP contribution in [0.5, 0.6) is 0 Å². The van der Waals surface area contributed by atoms with Crippen molar-refractivity contribution in [1.82, 2.24) is 0 Å². The van der Waals surface area contributed by atoms with Gasteiger partial charge in [-0.25, -0.2) is 4.79 Å². The highest BCUT2D eigenvalue weighted by atomic mass is 79.9. The molecule has 0 aliphatic rings. The highest BCUT2D eigenvalue weighted by Crippen LogP contribution is 2.07. The van der Waals surface area contributed by atoms with E-state index in [1.807, 2.05) is 12.1 Å². The first-order valence-electron chi connectivity index (χ1n) is 4.73. The number of carbonyl (C=O) groups is 1. The summed E-state index contributed by atoms with van der Waals surface area (Å²) in [5.41, 5.74) is 1.57. The highest BCUT2D eigenvalue weighted by molar-refractivity contribution is 9.09. The van der Waals surface area contributed by atoms with E-state index in [9.17, 15) is 4.79 Å². The van der Waals surface area contributed by atoms with Crippen LogP contribution in [-0.4, -0.2) is 17.9 Å². The van der Waals surface area contributed by atoms with E-state index in [0.717, 1.165) is 17.3 Å². The van der Waals surface area contributed by atoms with Crippen LogP contribution in [0.4, 0.5) is 0 Å². The Hall–Kier alpha value is -1.09. The third kappa shape index (κ3) is 3.88. The molecule has 0 aliphatic carbocycles. The maximum atomic E-state index is 11.5. The molecule has 0 fully saturated rings. The summed E-state index contributed by atoms with van der Waals surface area (Å²) in [6.07, 6.45) is 2.57. The first-order chi connectivity index (χ1) is 7.27. The minimum absolute atomic E-state index is 0.272. The normalized spacial score (nSPS) is 9.67. The van der Waals surface area contributed by atoms with Crippen LogP contribution in [0.2, 0.25) is 0 Å². The quantitative estimate of drug-likeness (QED) is 0.466. The first kappa shape index (κ1) is 12.0. The number of benzene rings is 1. The van der Waals surface area contributed by atoms with Gasteiger partial charge < -0.3 is 4.74 Å². The number of hydrogen-bond donors (Lipinski definition) is 0. The average molecular weight is 269 g/mol. The van der Waals surface area contributed by atoms with Crippen molar-refractivity contribution in [2.24, 2.45) is 0 Å². The van der Waals surface area contributed by atoms with Crippen molar-refractivity contribution >= 4 is 28.0 Å². The third-order valence-corrected chi connectivity index (χ3v) is 2.45. The van der Waals surface area contributed by atoms with Crippen LogP contribution < -0.4 is 0 Å². The van der Waals surface area contributed by atoms with Crippen molar-refractivity contribution < 1.29 is 9.53 Å². The highest BCUT2D eigenvalue weighted by Gasteiger charge is 2.05. The molecule has 0 aromatic heterocycles. The molecular formula is C12H13BrO2. The maximum absolute atomic E-state index is 11.5. The second-order valence-electron chi connectivity index (χ2n) is 3.00.